The fourth-order valence-electron chi connectivity index (χ4n) is 2.31. The number of nitrogens with zero attached hydrogens (tertiary/aromatic N) is 1. The summed E-state index contributed by atoms with van der Waals surface area (Å²) in [5.41, 5.74) is 2.16. The van der Waals surface area contributed by atoms with Gasteiger partial charge in [-0.15, -0.1) is 0 Å². The second-order valence-electron chi connectivity index (χ2n) is 4.75. The van der Waals surface area contributed by atoms with Crippen LogP contribution in [-0.2, 0) is 0 Å². The molecule has 0 saturated heterocycles. The van der Waals surface area contributed by atoms with Crippen LogP contribution in [0.3, 0.4) is 0 Å². The van der Waals surface area contributed by atoms with Crippen LogP contribution in [-0.4, -0.2) is 12.0 Å². The van der Waals surface area contributed by atoms with E-state index < -0.39 is 0 Å². The minimum absolute atomic E-state index is 0.113. The zero-order valence-corrected chi connectivity index (χ0v) is 10.6. The Kier molecular flexibility index (Phi) is 2.71. The summed E-state index contributed by atoms with van der Waals surface area (Å²) < 4.78 is 0. The van der Waals surface area contributed by atoms with Gasteiger partial charge in [0.2, 0.25) is 0 Å². The van der Waals surface area contributed by atoms with E-state index in [0.29, 0.717) is 6.04 Å². The molecule has 2 aliphatic rings. The topological polar surface area (TPSA) is 36.4 Å². The van der Waals surface area contributed by atoms with Crippen LogP contribution in [0.15, 0.2) is 23.2 Å². The molecule has 1 heterocycles. The van der Waals surface area contributed by atoms with Crippen LogP contribution in [0.2, 0.25) is 5.02 Å². The number of fused-ring (bicyclic) bond motifs is 1. The van der Waals surface area contributed by atoms with Gasteiger partial charge in [0.25, 0.3) is 0 Å². The van der Waals surface area contributed by atoms with Crippen LogP contribution >= 0.6 is 11.6 Å². The molecule has 3 nitrogen and oxygen atoms in total. The first-order valence-electron chi connectivity index (χ1n) is 6.14. The molecular formula is C13H16ClN3. The predicted molar refractivity (Wildman–Crippen MR) is 71.7 cm³/mol. The maximum atomic E-state index is 6.20. The molecule has 0 amide bonds. The SMILES string of the molecule is CC1N=C(NC2CCC2)Nc2cccc(Cl)c21. The van der Waals surface area contributed by atoms with Crippen LogP contribution < -0.4 is 10.6 Å². The van der Waals surface area contributed by atoms with Gasteiger partial charge in [-0.1, -0.05) is 17.7 Å². The number of benzene rings is 1. The molecule has 0 bridgehead atoms. The highest BCUT2D eigenvalue weighted by molar-refractivity contribution is 6.32. The van der Waals surface area contributed by atoms with Crippen molar-refractivity contribution in [3.63, 3.8) is 0 Å². The third-order valence-corrected chi connectivity index (χ3v) is 3.82. The Morgan fingerprint density at radius 1 is 1.41 bits per heavy atom. The lowest BCUT2D eigenvalue weighted by Crippen LogP contribution is -2.44. The first-order valence-corrected chi connectivity index (χ1v) is 6.51. The average molecular weight is 250 g/mol. The molecule has 1 saturated carbocycles. The van der Waals surface area contributed by atoms with E-state index in [1.54, 1.807) is 0 Å². The van der Waals surface area contributed by atoms with Crippen molar-refractivity contribution in [2.45, 2.75) is 38.3 Å². The molecule has 1 unspecified atom stereocenters. The Bertz CT molecular complexity index is 466. The predicted octanol–water partition coefficient (Wildman–Crippen LogP) is 3.32. The number of hydrogen-bond donors (Lipinski definition) is 2. The van der Waals surface area contributed by atoms with Gasteiger partial charge >= 0.3 is 0 Å². The van der Waals surface area contributed by atoms with Crippen molar-refractivity contribution in [2.24, 2.45) is 4.99 Å². The Labute approximate surface area is 106 Å². The van der Waals surface area contributed by atoms with Crippen molar-refractivity contribution in [3.05, 3.63) is 28.8 Å². The summed E-state index contributed by atoms with van der Waals surface area (Å²) in [6.45, 7) is 2.08. The summed E-state index contributed by atoms with van der Waals surface area (Å²) in [5, 5.41) is 7.55. The van der Waals surface area contributed by atoms with Crippen LogP contribution in [0, 0.1) is 0 Å². The molecule has 90 valence electrons. The number of aliphatic imine (C=N–C) groups is 1. The zero-order valence-electron chi connectivity index (χ0n) is 9.83. The van der Waals surface area contributed by atoms with E-state index in [1.807, 2.05) is 12.1 Å². The molecule has 1 aromatic carbocycles. The molecule has 1 aliphatic heterocycles. The van der Waals surface area contributed by atoms with E-state index in [9.17, 15) is 0 Å². The van der Waals surface area contributed by atoms with Crippen molar-refractivity contribution in [1.29, 1.82) is 0 Å². The lowest BCUT2D eigenvalue weighted by atomic mass is 9.93. The minimum Gasteiger partial charge on any atom is -0.353 e. The smallest absolute Gasteiger partial charge is 0.196 e. The van der Waals surface area contributed by atoms with E-state index in [4.69, 9.17) is 11.6 Å². The maximum absolute atomic E-state index is 6.20. The van der Waals surface area contributed by atoms with Crippen molar-refractivity contribution in [2.75, 3.05) is 5.32 Å². The number of guanidine groups is 1. The first kappa shape index (κ1) is 10.9. The molecule has 0 aromatic heterocycles. The monoisotopic (exact) mass is 249 g/mol. The highest BCUT2D eigenvalue weighted by Gasteiger charge is 2.23. The molecule has 1 fully saturated rings. The summed E-state index contributed by atoms with van der Waals surface area (Å²) in [6.07, 6.45) is 3.82. The third kappa shape index (κ3) is 2.00. The molecule has 17 heavy (non-hydrogen) atoms. The normalized spacial score (nSPS) is 23.2. The Morgan fingerprint density at radius 2 is 2.24 bits per heavy atom. The van der Waals surface area contributed by atoms with Gasteiger partial charge in [-0.25, -0.2) is 4.99 Å². The number of hydrogen-bond acceptors (Lipinski definition) is 3. The largest absolute Gasteiger partial charge is 0.353 e. The van der Waals surface area contributed by atoms with Crippen LogP contribution in [0.4, 0.5) is 5.69 Å². The van der Waals surface area contributed by atoms with E-state index in [-0.39, 0.29) is 6.04 Å². The fourth-order valence-corrected chi connectivity index (χ4v) is 2.64. The van der Waals surface area contributed by atoms with Crippen LogP contribution in [0.1, 0.15) is 37.8 Å². The van der Waals surface area contributed by atoms with E-state index in [1.165, 1.54) is 19.3 Å². The van der Waals surface area contributed by atoms with Crippen molar-refractivity contribution in [1.82, 2.24) is 5.32 Å². The molecule has 2 N–H and O–H groups in total. The summed E-state index contributed by atoms with van der Waals surface area (Å²) >= 11 is 6.20. The molecule has 4 heteroatoms. The van der Waals surface area contributed by atoms with E-state index in [0.717, 1.165) is 22.2 Å². The standard InChI is InChI=1S/C13H16ClN3/c1-8-12-10(14)6-3-7-11(12)17-13(15-8)16-9-4-2-5-9/h3,6-9H,2,4-5H2,1H3,(H2,15,16,17). The molecule has 3 rings (SSSR count). The van der Waals surface area contributed by atoms with E-state index in [2.05, 4.69) is 28.6 Å². The molecule has 1 aliphatic carbocycles. The Morgan fingerprint density at radius 3 is 2.94 bits per heavy atom. The number of anilines is 1. The lowest BCUT2D eigenvalue weighted by Gasteiger charge is -2.31. The molecule has 1 aromatic rings. The number of rotatable bonds is 1. The van der Waals surface area contributed by atoms with Gasteiger partial charge in [0.1, 0.15) is 0 Å². The van der Waals surface area contributed by atoms with Gasteiger partial charge in [0.05, 0.1) is 6.04 Å². The highest BCUT2D eigenvalue weighted by Crippen LogP contribution is 2.35. The summed E-state index contributed by atoms with van der Waals surface area (Å²) in [6, 6.07) is 6.64. The molecule has 0 spiro atoms. The van der Waals surface area contributed by atoms with Gasteiger partial charge in [-0.05, 0) is 38.3 Å². The minimum atomic E-state index is 0.113. The van der Waals surface area contributed by atoms with E-state index >= 15 is 0 Å². The molecular weight excluding hydrogens is 234 g/mol. The Balaban J connectivity index is 1.83. The highest BCUT2D eigenvalue weighted by atomic mass is 35.5. The van der Waals surface area contributed by atoms with Gasteiger partial charge in [-0.3, -0.25) is 0 Å². The van der Waals surface area contributed by atoms with Gasteiger partial charge in [-0.2, -0.15) is 0 Å². The van der Waals surface area contributed by atoms with Crippen molar-refractivity contribution < 1.29 is 0 Å². The van der Waals surface area contributed by atoms with Gasteiger partial charge in [0.15, 0.2) is 5.96 Å². The van der Waals surface area contributed by atoms with Crippen LogP contribution in [0.25, 0.3) is 0 Å². The maximum Gasteiger partial charge on any atom is 0.196 e. The number of halogens is 1. The quantitative estimate of drug-likeness (QED) is 0.801. The second kappa shape index (κ2) is 4.22. The molecule has 0 radical (unpaired) electrons. The lowest BCUT2D eigenvalue weighted by molar-refractivity contribution is 0.382. The third-order valence-electron chi connectivity index (χ3n) is 3.49. The molecule has 1 atom stereocenters. The summed E-state index contributed by atoms with van der Waals surface area (Å²) in [7, 11) is 0. The fraction of sp³-hybridized carbons (Fsp3) is 0.462. The summed E-state index contributed by atoms with van der Waals surface area (Å²) in [5.74, 6) is 0.886. The summed E-state index contributed by atoms with van der Waals surface area (Å²) in [4.78, 5) is 4.62. The second-order valence-corrected chi connectivity index (χ2v) is 5.16. The van der Waals surface area contributed by atoms with Gasteiger partial charge in [0, 0.05) is 22.3 Å². The van der Waals surface area contributed by atoms with Crippen LogP contribution in [0.5, 0.6) is 0 Å². The van der Waals surface area contributed by atoms with Gasteiger partial charge < -0.3 is 10.6 Å². The average Bonchev–Trinajstić information content (AvgIpc) is 2.23. The number of nitrogens with one attached hydrogen (secondary N) is 2. The zero-order chi connectivity index (χ0) is 11.8. The van der Waals surface area contributed by atoms with Crippen molar-refractivity contribution >= 4 is 23.2 Å². The Hall–Kier alpha value is -1.22. The van der Waals surface area contributed by atoms with Crippen molar-refractivity contribution in [3.8, 4) is 0 Å². The first-order chi connectivity index (χ1) is 8.24.